The quantitative estimate of drug-likeness (QED) is 0.324. The third kappa shape index (κ3) is 6.86. The van der Waals surface area contributed by atoms with Gasteiger partial charge in [0.05, 0.1) is 24.2 Å². The molecule has 2 aromatic carbocycles. The summed E-state index contributed by atoms with van der Waals surface area (Å²) in [5.41, 5.74) is 1.43. The van der Waals surface area contributed by atoms with Crippen molar-refractivity contribution >= 4 is 33.9 Å². The molecule has 0 aliphatic heterocycles. The second-order valence-electron chi connectivity index (χ2n) is 6.40. The Morgan fingerprint density at radius 2 is 1.94 bits per heavy atom. The fraction of sp³-hybridized carbons (Fsp3) is 0.261. The minimum absolute atomic E-state index is 0.0552. The Hall–Kier alpha value is -3.31. The fourth-order valence-electron chi connectivity index (χ4n) is 2.68. The molecule has 31 heavy (non-hydrogen) atoms. The molecule has 0 spiro atoms. The van der Waals surface area contributed by atoms with Gasteiger partial charge in [-0.05, 0) is 59.1 Å². The van der Waals surface area contributed by atoms with Crippen LogP contribution in [0, 0.1) is 11.3 Å². The van der Waals surface area contributed by atoms with Gasteiger partial charge in [0.15, 0.2) is 18.1 Å². The summed E-state index contributed by atoms with van der Waals surface area (Å²) >= 11 is 3.39. The van der Waals surface area contributed by atoms with Crippen molar-refractivity contribution in [3.05, 3.63) is 63.6 Å². The molecular formula is C23H23BrN2O5. The molecule has 1 amide bonds. The standard InChI is InChI=1S/C23H23BrN2O5/c1-4-30-20-12-16(11-19(24)22(20)31-14-21(27)29-3)10-18(13-25)23(28)26-15(2)17-8-6-5-7-9-17/h5-12,15H,4,14H2,1-3H3,(H,26,28)/b18-10-/t15-/m0/s1. The van der Waals surface area contributed by atoms with Gasteiger partial charge in [-0.2, -0.15) is 5.26 Å². The number of nitrogens with one attached hydrogen (secondary N) is 1. The van der Waals surface area contributed by atoms with Crippen molar-refractivity contribution in [2.24, 2.45) is 0 Å². The molecule has 0 radical (unpaired) electrons. The molecule has 0 heterocycles. The molecule has 2 rings (SSSR count). The van der Waals surface area contributed by atoms with E-state index in [4.69, 9.17) is 9.47 Å². The highest BCUT2D eigenvalue weighted by Crippen LogP contribution is 2.37. The van der Waals surface area contributed by atoms with E-state index in [1.807, 2.05) is 43.3 Å². The SMILES string of the molecule is CCOc1cc(/C=C(/C#N)C(=O)N[C@@H](C)c2ccccc2)cc(Br)c1OCC(=O)OC. The molecule has 162 valence electrons. The number of hydrogen-bond donors (Lipinski definition) is 1. The van der Waals surface area contributed by atoms with Gasteiger partial charge < -0.3 is 19.5 Å². The minimum Gasteiger partial charge on any atom is -0.490 e. The highest BCUT2D eigenvalue weighted by atomic mass is 79.9. The molecule has 1 atom stereocenters. The maximum Gasteiger partial charge on any atom is 0.343 e. The highest BCUT2D eigenvalue weighted by Gasteiger charge is 2.17. The zero-order chi connectivity index (χ0) is 22.8. The first-order valence-electron chi connectivity index (χ1n) is 9.53. The molecule has 0 unspecified atom stereocenters. The molecule has 0 aliphatic carbocycles. The average Bonchev–Trinajstić information content (AvgIpc) is 2.77. The topological polar surface area (TPSA) is 97.6 Å². The van der Waals surface area contributed by atoms with Crippen molar-refractivity contribution in [1.82, 2.24) is 5.32 Å². The summed E-state index contributed by atoms with van der Waals surface area (Å²) in [4.78, 5) is 24.0. The maximum atomic E-state index is 12.6. The molecule has 0 saturated carbocycles. The number of halogens is 1. The van der Waals surface area contributed by atoms with Crippen LogP contribution in [0.2, 0.25) is 0 Å². The maximum absolute atomic E-state index is 12.6. The first-order chi connectivity index (χ1) is 14.9. The molecule has 0 bridgehead atoms. The number of carbonyl (C=O) groups is 2. The van der Waals surface area contributed by atoms with Crippen LogP contribution < -0.4 is 14.8 Å². The van der Waals surface area contributed by atoms with E-state index in [0.717, 1.165) is 5.56 Å². The number of rotatable bonds is 9. The number of nitrogens with zero attached hydrogens (tertiary/aromatic N) is 1. The Morgan fingerprint density at radius 3 is 2.55 bits per heavy atom. The average molecular weight is 487 g/mol. The van der Waals surface area contributed by atoms with Gasteiger partial charge >= 0.3 is 5.97 Å². The number of carbonyl (C=O) groups excluding carboxylic acids is 2. The smallest absolute Gasteiger partial charge is 0.343 e. The van der Waals surface area contributed by atoms with Crippen LogP contribution in [0.5, 0.6) is 11.5 Å². The Bertz CT molecular complexity index is 999. The number of hydrogen-bond acceptors (Lipinski definition) is 6. The van der Waals surface area contributed by atoms with E-state index >= 15 is 0 Å². The second-order valence-corrected chi connectivity index (χ2v) is 7.26. The molecular weight excluding hydrogens is 464 g/mol. The lowest BCUT2D eigenvalue weighted by Gasteiger charge is -2.15. The highest BCUT2D eigenvalue weighted by molar-refractivity contribution is 9.10. The van der Waals surface area contributed by atoms with Crippen LogP contribution in [0.25, 0.3) is 6.08 Å². The van der Waals surface area contributed by atoms with E-state index in [1.165, 1.54) is 13.2 Å². The van der Waals surface area contributed by atoms with Crippen LogP contribution in [0.1, 0.15) is 31.0 Å². The summed E-state index contributed by atoms with van der Waals surface area (Å²) in [6, 6.07) is 14.4. The fourth-order valence-corrected chi connectivity index (χ4v) is 3.25. The van der Waals surface area contributed by atoms with Crippen LogP contribution in [-0.2, 0) is 14.3 Å². The van der Waals surface area contributed by atoms with E-state index in [1.54, 1.807) is 19.1 Å². The van der Waals surface area contributed by atoms with Gasteiger partial charge in [-0.15, -0.1) is 0 Å². The number of benzene rings is 2. The molecule has 0 fully saturated rings. The predicted molar refractivity (Wildman–Crippen MR) is 119 cm³/mol. The Morgan fingerprint density at radius 1 is 1.23 bits per heavy atom. The van der Waals surface area contributed by atoms with Crippen LogP contribution in [0.15, 0.2) is 52.5 Å². The lowest BCUT2D eigenvalue weighted by Crippen LogP contribution is -2.27. The molecule has 0 aliphatic rings. The molecule has 2 aromatic rings. The number of esters is 1. The molecule has 0 saturated heterocycles. The monoisotopic (exact) mass is 486 g/mol. The van der Waals surface area contributed by atoms with Crippen molar-refractivity contribution in [3.8, 4) is 17.6 Å². The third-order valence-corrected chi connectivity index (χ3v) is 4.81. The van der Waals surface area contributed by atoms with E-state index in [9.17, 15) is 14.9 Å². The summed E-state index contributed by atoms with van der Waals surface area (Å²) in [5, 5.41) is 12.3. The predicted octanol–water partition coefficient (Wildman–Crippen LogP) is 4.18. The van der Waals surface area contributed by atoms with Crippen molar-refractivity contribution < 1.29 is 23.8 Å². The molecule has 1 N–H and O–H groups in total. The van der Waals surface area contributed by atoms with Gasteiger partial charge in [0.25, 0.3) is 5.91 Å². The van der Waals surface area contributed by atoms with E-state index in [2.05, 4.69) is 26.0 Å². The van der Waals surface area contributed by atoms with Crippen LogP contribution >= 0.6 is 15.9 Å². The number of amides is 1. The van der Waals surface area contributed by atoms with E-state index in [0.29, 0.717) is 28.1 Å². The zero-order valence-corrected chi connectivity index (χ0v) is 19.1. The first kappa shape index (κ1) is 24.0. The summed E-state index contributed by atoms with van der Waals surface area (Å²) in [7, 11) is 1.27. The van der Waals surface area contributed by atoms with Crippen molar-refractivity contribution in [3.63, 3.8) is 0 Å². The number of methoxy groups -OCH3 is 1. The van der Waals surface area contributed by atoms with Gasteiger partial charge in [-0.3, -0.25) is 4.79 Å². The van der Waals surface area contributed by atoms with Gasteiger partial charge in [-0.1, -0.05) is 30.3 Å². The van der Waals surface area contributed by atoms with Gasteiger partial charge in [0.1, 0.15) is 11.6 Å². The van der Waals surface area contributed by atoms with Crippen molar-refractivity contribution in [2.45, 2.75) is 19.9 Å². The van der Waals surface area contributed by atoms with Gasteiger partial charge in [0.2, 0.25) is 0 Å². The molecule has 7 nitrogen and oxygen atoms in total. The second kappa shape index (κ2) is 11.8. The van der Waals surface area contributed by atoms with E-state index in [-0.39, 0.29) is 18.2 Å². The molecule has 0 aromatic heterocycles. The Labute approximate surface area is 189 Å². The van der Waals surface area contributed by atoms with E-state index < -0.39 is 11.9 Å². The molecule has 8 heteroatoms. The zero-order valence-electron chi connectivity index (χ0n) is 17.5. The number of nitriles is 1. The van der Waals surface area contributed by atoms with Crippen LogP contribution in [0.4, 0.5) is 0 Å². The lowest BCUT2D eigenvalue weighted by molar-refractivity contribution is -0.143. The lowest BCUT2D eigenvalue weighted by atomic mass is 10.1. The number of ether oxygens (including phenoxy) is 3. The Kier molecular flexibility index (Phi) is 9.10. The van der Waals surface area contributed by atoms with Crippen molar-refractivity contribution in [2.75, 3.05) is 20.3 Å². The summed E-state index contributed by atoms with van der Waals surface area (Å²) in [5.74, 6) is -0.333. The van der Waals surface area contributed by atoms with Crippen LogP contribution in [-0.4, -0.2) is 32.2 Å². The van der Waals surface area contributed by atoms with Crippen LogP contribution in [0.3, 0.4) is 0 Å². The minimum atomic E-state index is -0.533. The summed E-state index contributed by atoms with van der Waals surface area (Å²) in [6.07, 6.45) is 1.46. The summed E-state index contributed by atoms with van der Waals surface area (Å²) in [6.45, 7) is 3.72. The Balaban J connectivity index is 2.27. The largest absolute Gasteiger partial charge is 0.490 e. The van der Waals surface area contributed by atoms with Crippen molar-refractivity contribution in [1.29, 1.82) is 5.26 Å². The van der Waals surface area contributed by atoms with Gasteiger partial charge in [0, 0.05) is 0 Å². The third-order valence-electron chi connectivity index (χ3n) is 4.22. The van der Waals surface area contributed by atoms with Gasteiger partial charge in [-0.25, -0.2) is 4.79 Å². The summed E-state index contributed by atoms with van der Waals surface area (Å²) < 4.78 is 16.2. The first-order valence-corrected chi connectivity index (χ1v) is 10.3. The normalized spacial score (nSPS) is 11.8.